The highest BCUT2D eigenvalue weighted by Crippen LogP contribution is 1.69. The molecule has 1 rings (SSSR count). The third-order valence-corrected chi connectivity index (χ3v) is 0.907. The second kappa shape index (κ2) is 5.52. The van der Waals surface area contributed by atoms with Gasteiger partial charge in [0, 0.05) is 27.2 Å². The van der Waals surface area contributed by atoms with Gasteiger partial charge in [0.05, 0.1) is 0 Å². The molecule has 2 N–H and O–H groups in total. The minimum absolute atomic E-state index is 0.0463. The fourth-order valence-electron chi connectivity index (χ4n) is 0.415. The molecule has 1 aliphatic heterocycles. The van der Waals surface area contributed by atoms with Gasteiger partial charge in [0.2, 0.25) is 6.41 Å². The Kier molecular flexibility index (Phi) is 4.89. The van der Waals surface area contributed by atoms with E-state index in [2.05, 4.69) is 10.6 Å². The Morgan fingerprint density at radius 2 is 1.73 bits per heavy atom. The highest BCUT2D eigenvalue weighted by atomic mass is 16.2. The number of carbonyl (C=O) groups excluding carboxylic acids is 2. The third-order valence-electron chi connectivity index (χ3n) is 0.907. The van der Waals surface area contributed by atoms with Crippen molar-refractivity contribution < 1.29 is 9.59 Å². The van der Waals surface area contributed by atoms with Crippen molar-refractivity contribution in [2.45, 2.75) is 0 Å². The lowest BCUT2D eigenvalue weighted by Gasteiger charge is -1.93. The molecule has 0 bridgehead atoms. The molecule has 0 unspecified atom stereocenters. The molecule has 1 saturated heterocycles. The number of hydrogen-bond donors (Lipinski definition) is 2. The Hall–Kier alpha value is -1.26. The molecule has 0 spiro atoms. The van der Waals surface area contributed by atoms with Crippen LogP contribution in [-0.4, -0.2) is 44.5 Å². The summed E-state index contributed by atoms with van der Waals surface area (Å²) in [5.41, 5.74) is 0. The van der Waals surface area contributed by atoms with Crippen LogP contribution in [0.3, 0.4) is 0 Å². The van der Waals surface area contributed by atoms with E-state index in [0.29, 0.717) is 0 Å². The third kappa shape index (κ3) is 6.63. The van der Waals surface area contributed by atoms with Gasteiger partial charge in [-0.15, -0.1) is 0 Å². The number of rotatable bonds is 1. The summed E-state index contributed by atoms with van der Waals surface area (Å²) in [4.78, 5) is 20.9. The van der Waals surface area contributed by atoms with Gasteiger partial charge < -0.3 is 15.5 Å². The minimum Gasteiger partial charge on any atom is -0.351 e. The van der Waals surface area contributed by atoms with Gasteiger partial charge in [-0.25, -0.2) is 4.79 Å². The summed E-state index contributed by atoms with van der Waals surface area (Å²) in [5.74, 6) is 0. The zero-order chi connectivity index (χ0) is 8.69. The van der Waals surface area contributed by atoms with Crippen LogP contribution in [-0.2, 0) is 4.79 Å². The monoisotopic (exact) mass is 159 g/mol. The van der Waals surface area contributed by atoms with Crippen molar-refractivity contribution in [3.63, 3.8) is 0 Å². The summed E-state index contributed by atoms with van der Waals surface area (Å²) >= 11 is 0. The number of carbonyl (C=O) groups is 2. The van der Waals surface area contributed by atoms with E-state index < -0.39 is 0 Å². The van der Waals surface area contributed by atoms with Crippen molar-refractivity contribution in [1.29, 1.82) is 0 Å². The zero-order valence-electron chi connectivity index (χ0n) is 6.76. The summed E-state index contributed by atoms with van der Waals surface area (Å²) in [6.07, 6.45) is 0.750. The molecule has 0 atom stereocenters. The Balaban J connectivity index is 0.000000187. The second-order valence-electron chi connectivity index (χ2n) is 2.25. The molecule has 5 heteroatoms. The number of hydrogen-bond acceptors (Lipinski definition) is 2. The SMILES string of the molecule is CN(C)C=O.O=C1NCCN1. The molecule has 0 aromatic carbocycles. The second-order valence-corrected chi connectivity index (χ2v) is 2.25. The maximum Gasteiger partial charge on any atom is 0.314 e. The molecule has 0 radical (unpaired) electrons. The van der Waals surface area contributed by atoms with E-state index in [0.717, 1.165) is 19.5 Å². The topological polar surface area (TPSA) is 61.4 Å². The first-order valence-corrected chi connectivity index (χ1v) is 3.30. The maximum atomic E-state index is 10.0. The van der Waals surface area contributed by atoms with Gasteiger partial charge in [-0.05, 0) is 0 Å². The Morgan fingerprint density at radius 1 is 1.36 bits per heavy atom. The van der Waals surface area contributed by atoms with Gasteiger partial charge in [0.25, 0.3) is 0 Å². The summed E-state index contributed by atoms with van der Waals surface area (Å²) in [7, 11) is 3.38. The van der Waals surface area contributed by atoms with E-state index in [1.54, 1.807) is 14.1 Å². The molecule has 5 nitrogen and oxygen atoms in total. The van der Waals surface area contributed by atoms with Crippen molar-refractivity contribution in [1.82, 2.24) is 15.5 Å². The lowest BCUT2D eigenvalue weighted by molar-refractivity contribution is -0.115. The molecule has 3 amide bonds. The van der Waals surface area contributed by atoms with Crippen molar-refractivity contribution in [2.75, 3.05) is 27.2 Å². The summed E-state index contributed by atoms with van der Waals surface area (Å²) in [6, 6.07) is -0.0463. The van der Waals surface area contributed by atoms with E-state index in [4.69, 9.17) is 0 Å². The van der Waals surface area contributed by atoms with E-state index >= 15 is 0 Å². The van der Waals surface area contributed by atoms with Crippen molar-refractivity contribution in [3.05, 3.63) is 0 Å². The highest BCUT2D eigenvalue weighted by molar-refractivity contribution is 5.75. The molecule has 1 heterocycles. The molecular weight excluding hydrogens is 146 g/mol. The number of urea groups is 1. The van der Waals surface area contributed by atoms with Crippen LogP contribution in [0.5, 0.6) is 0 Å². The van der Waals surface area contributed by atoms with Crippen LogP contribution >= 0.6 is 0 Å². The molecule has 1 fully saturated rings. The summed E-state index contributed by atoms with van der Waals surface area (Å²) in [6.45, 7) is 1.55. The normalized spacial score (nSPS) is 13.8. The van der Waals surface area contributed by atoms with Crippen molar-refractivity contribution in [2.24, 2.45) is 0 Å². The van der Waals surface area contributed by atoms with E-state index in [1.165, 1.54) is 4.90 Å². The average molecular weight is 159 g/mol. The van der Waals surface area contributed by atoms with Gasteiger partial charge in [-0.1, -0.05) is 0 Å². The molecule has 64 valence electrons. The first-order valence-electron chi connectivity index (χ1n) is 3.30. The zero-order valence-corrected chi connectivity index (χ0v) is 6.76. The van der Waals surface area contributed by atoms with E-state index in [9.17, 15) is 9.59 Å². The Labute approximate surface area is 65.7 Å². The summed E-state index contributed by atoms with van der Waals surface area (Å²) < 4.78 is 0. The van der Waals surface area contributed by atoms with Gasteiger partial charge in [0.1, 0.15) is 0 Å². The predicted octanol–water partition coefficient (Wildman–Crippen LogP) is -0.996. The minimum atomic E-state index is -0.0463. The van der Waals surface area contributed by atoms with Crippen molar-refractivity contribution in [3.8, 4) is 0 Å². The lowest BCUT2D eigenvalue weighted by atomic mass is 10.7. The fraction of sp³-hybridized carbons (Fsp3) is 0.667. The van der Waals surface area contributed by atoms with Gasteiger partial charge >= 0.3 is 6.03 Å². The average Bonchev–Trinajstić information content (AvgIpc) is 2.41. The molecule has 1 aliphatic rings. The van der Waals surface area contributed by atoms with E-state index in [-0.39, 0.29) is 6.03 Å². The number of nitrogens with one attached hydrogen (secondary N) is 2. The van der Waals surface area contributed by atoms with Crippen molar-refractivity contribution >= 4 is 12.4 Å². The highest BCUT2D eigenvalue weighted by Gasteiger charge is 2.02. The molecule has 0 saturated carbocycles. The van der Waals surface area contributed by atoms with Crippen LogP contribution < -0.4 is 10.6 Å². The van der Waals surface area contributed by atoms with Gasteiger partial charge in [-0.2, -0.15) is 0 Å². The smallest absolute Gasteiger partial charge is 0.314 e. The Morgan fingerprint density at radius 3 is 1.82 bits per heavy atom. The Bertz CT molecular complexity index is 128. The van der Waals surface area contributed by atoms with Crippen LogP contribution in [0.1, 0.15) is 0 Å². The number of amides is 3. The molecule has 0 aliphatic carbocycles. The van der Waals surface area contributed by atoms with Crippen LogP contribution in [0, 0.1) is 0 Å². The quantitative estimate of drug-likeness (QED) is 0.482. The van der Waals surface area contributed by atoms with Crippen LogP contribution in [0.2, 0.25) is 0 Å². The molecule has 0 aromatic heterocycles. The maximum absolute atomic E-state index is 10.0. The standard InChI is InChI=1S/C3H6N2O.C3H7NO/c6-3-4-1-2-5-3;1-4(2)3-5/h1-2H2,(H2,4,5,6);3H,1-2H3. The molecule has 0 aromatic rings. The van der Waals surface area contributed by atoms with Crippen LogP contribution in [0.25, 0.3) is 0 Å². The molecular formula is C6H13N3O2. The van der Waals surface area contributed by atoms with Crippen LogP contribution in [0.15, 0.2) is 0 Å². The molecule has 11 heavy (non-hydrogen) atoms. The predicted molar refractivity (Wildman–Crippen MR) is 41.2 cm³/mol. The van der Waals surface area contributed by atoms with Crippen LogP contribution in [0.4, 0.5) is 4.79 Å². The lowest BCUT2D eigenvalue weighted by Crippen LogP contribution is -2.20. The van der Waals surface area contributed by atoms with Gasteiger partial charge in [-0.3, -0.25) is 4.79 Å². The largest absolute Gasteiger partial charge is 0.351 e. The fourth-order valence-corrected chi connectivity index (χ4v) is 0.415. The number of nitrogens with zero attached hydrogens (tertiary/aromatic N) is 1. The first-order chi connectivity index (χ1) is 5.16. The first kappa shape index (κ1) is 9.74. The summed E-state index contributed by atoms with van der Waals surface area (Å²) in [5, 5.41) is 5.14. The van der Waals surface area contributed by atoms with E-state index in [1.807, 2.05) is 0 Å². The van der Waals surface area contributed by atoms with Gasteiger partial charge in [0.15, 0.2) is 0 Å².